The van der Waals surface area contributed by atoms with Crippen molar-refractivity contribution in [2.75, 3.05) is 0 Å². The normalized spacial score (nSPS) is 12.4. The van der Waals surface area contributed by atoms with Crippen LogP contribution in [0.25, 0.3) is 0 Å². The summed E-state index contributed by atoms with van der Waals surface area (Å²) in [6, 6.07) is 28.6. The van der Waals surface area contributed by atoms with Crippen LogP contribution in [0.5, 0.6) is 40.2 Å². The number of aryl methyl sites for hydroxylation is 7. The third-order valence-corrected chi connectivity index (χ3v) is 16.9. The number of phenols is 7. The molecule has 0 spiro atoms. The smallest absolute Gasteiger partial charge is 0.122 e. The molecule has 0 aromatic heterocycles. The van der Waals surface area contributed by atoms with E-state index in [0.717, 1.165) is 114 Å². The van der Waals surface area contributed by atoms with Crippen molar-refractivity contribution in [3.63, 3.8) is 0 Å². The molecule has 87 heavy (non-hydrogen) atoms. The number of rotatable bonds is 10. The summed E-state index contributed by atoms with van der Waals surface area (Å²) in [4.78, 5) is 0. The molecule has 0 atom stereocenters. The van der Waals surface area contributed by atoms with Crippen molar-refractivity contribution in [2.24, 2.45) is 0 Å². The maximum absolute atomic E-state index is 11.3. The maximum atomic E-state index is 11.3. The minimum absolute atomic E-state index is 0.105. The van der Waals surface area contributed by atoms with E-state index in [0.29, 0.717) is 47.3 Å². The van der Waals surface area contributed by atoms with Crippen molar-refractivity contribution in [3.8, 4) is 40.2 Å². The summed E-state index contributed by atoms with van der Waals surface area (Å²) in [7, 11) is 0. The molecule has 7 nitrogen and oxygen atoms in total. The maximum Gasteiger partial charge on any atom is 0.122 e. The fourth-order valence-electron chi connectivity index (χ4n) is 12.2. The first-order chi connectivity index (χ1) is 39.6. The predicted octanol–water partition coefficient (Wildman–Crippen LogP) is 20.6. The van der Waals surface area contributed by atoms with Gasteiger partial charge in [-0.3, -0.25) is 0 Å². The standard InChI is InChI=1S/C31H40O3.C26H38O2.C23H32O2/c1-18-10-21(16-23-12-19(2)14-25(28(23)33)30(4,5)6)27(32)22(11-18)17-24-13-20(3)15-26(29(24)34)31(7,8)9;1-10-11-18(19-14-21(25(4,5)6)23(27)12-16(19)2)20-15-22(26(7,8)9)24(28)13-17(20)3;1-14-9-16(12-18(20(14)24)22(3,4)5)11-17-10-15(2)21(25)19(13-17)23(6,7)8/h10-15,32-34H,16-17H2,1-9H3;12-15,18,27-28H,10-11H2,1-9H3;9-10,12-13,24-25H,11H2,1-8H3. The van der Waals surface area contributed by atoms with Gasteiger partial charge in [-0.15, -0.1) is 0 Å². The quantitative estimate of drug-likeness (QED) is 0.0723. The molecule has 0 heterocycles. The molecule has 0 aliphatic carbocycles. The topological polar surface area (TPSA) is 142 Å². The van der Waals surface area contributed by atoms with Crippen LogP contribution in [-0.4, -0.2) is 35.7 Å². The van der Waals surface area contributed by atoms with Gasteiger partial charge in [0.1, 0.15) is 40.2 Å². The lowest BCUT2D eigenvalue weighted by Gasteiger charge is -2.29. The second-order valence-corrected chi connectivity index (χ2v) is 31.5. The Hall–Kier alpha value is -6.86. The van der Waals surface area contributed by atoms with E-state index in [-0.39, 0.29) is 44.2 Å². The number of hydrogen-bond donors (Lipinski definition) is 7. The summed E-state index contributed by atoms with van der Waals surface area (Å²) in [5, 5.41) is 75.2. The zero-order valence-electron chi connectivity index (χ0n) is 58.3. The molecule has 0 fully saturated rings. The van der Waals surface area contributed by atoms with Gasteiger partial charge in [-0.2, -0.15) is 0 Å². The fourth-order valence-corrected chi connectivity index (χ4v) is 12.2. The van der Waals surface area contributed by atoms with Crippen molar-refractivity contribution in [3.05, 3.63) is 202 Å². The molecule has 0 unspecified atom stereocenters. The predicted molar refractivity (Wildman–Crippen MR) is 367 cm³/mol. The molecule has 0 radical (unpaired) electrons. The van der Waals surface area contributed by atoms with Gasteiger partial charge in [0.2, 0.25) is 0 Å². The van der Waals surface area contributed by atoms with Crippen LogP contribution in [0.15, 0.2) is 84.9 Å². The molecule has 7 aromatic carbocycles. The van der Waals surface area contributed by atoms with Crippen molar-refractivity contribution < 1.29 is 35.7 Å². The molecular formula is C80H110O7. The largest absolute Gasteiger partial charge is 0.508 e. The summed E-state index contributed by atoms with van der Waals surface area (Å²) in [6.07, 6.45) is 3.76. The third kappa shape index (κ3) is 17.5. The molecule has 7 N–H and O–H groups in total. The Morgan fingerprint density at radius 1 is 0.287 bits per heavy atom. The highest BCUT2D eigenvalue weighted by Gasteiger charge is 2.29. The molecule has 0 bridgehead atoms. The summed E-state index contributed by atoms with van der Waals surface area (Å²) in [5.41, 5.74) is 20.3. The van der Waals surface area contributed by atoms with Gasteiger partial charge in [0.05, 0.1) is 0 Å². The average molecular weight is 1180 g/mol. The molecular weight excluding hydrogens is 1070 g/mol. The Morgan fingerprint density at radius 3 is 0.851 bits per heavy atom. The third-order valence-electron chi connectivity index (χ3n) is 16.9. The molecule has 0 aliphatic heterocycles. The van der Waals surface area contributed by atoms with Gasteiger partial charge in [0, 0.05) is 18.8 Å². The van der Waals surface area contributed by atoms with Crippen LogP contribution in [0.1, 0.15) is 267 Å². The van der Waals surface area contributed by atoms with Crippen LogP contribution in [0.4, 0.5) is 0 Å². The van der Waals surface area contributed by atoms with Gasteiger partial charge in [0.15, 0.2) is 0 Å². The van der Waals surface area contributed by atoms with E-state index in [2.05, 4.69) is 182 Å². The highest BCUT2D eigenvalue weighted by Crippen LogP contribution is 2.45. The summed E-state index contributed by atoms with van der Waals surface area (Å²) in [6.45, 7) is 54.5. The van der Waals surface area contributed by atoms with Gasteiger partial charge < -0.3 is 35.7 Å². The van der Waals surface area contributed by atoms with Crippen LogP contribution in [0, 0.1) is 48.5 Å². The second kappa shape index (κ2) is 26.5. The molecule has 0 saturated heterocycles. The van der Waals surface area contributed by atoms with E-state index in [4.69, 9.17) is 0 Å². The van der Waals surface area contributed by atoms with Crippen LogP contribution in [-0.2, 0) is 51.8 Å². The highest BCUT2D eigenvalue weighted by atomic mass is 16.3. The average Bonchev–Trinajstić information content (AvgIpc) is 2.24. The SMILES string of the molecule is CCCC(c1cc(C(C)(C)C)c(O)cc1C)c1cc(C(C)(C)C)c(O)cc1C.Cc1cc(Cc2cc(C)c(O)c(C(C)(C)C)c2)cc(C(C)(C)C)c1O.Cc1cc(Cc2cc(C)cc(C(C)(C)C)c2O)c(O)c(Cc2cc(C)cc(C(C)(C)C)c2O)c1. The van der Waals surface area contributed by atoms with Gasteiger partial charge in [0.25, 0.3) is 0 Å². The first-order valence-electron chi connectivity index (χ1n) is 31.5. The summed E-state index contributed by atoms with van der Waals surface area (Å²) in [5.74, 6) is 2.61. The van der Waals surface area contributed by atoms with Crippen molar-refractivity contribution in [1.29, 1.82) is 0 Å². The first-order valence-corrected chi connectivity index (χ1v) is 31.5. The Bertz CT molecular complexity index is 3370. The van der Waals surface area contributed by atoms with E-state index >= 15 is 0 Å². The lowest BCUT2D eigenvalue weighted by molar-refractivity contribution is 0.438. The van der Waals surface area contributed by atoms with E-state index in [1.807, 2.05) is 83.1 Å². The fraction of sp³-hybridized carbons (Fsp3) is 0.475. The van der Waals surface area contributed by atoms with Crippen molar-refractivity contribution in [2.45, 2.75) is 251 Å². The molecule has 0 amide bonds. The Balaban J connectivity index is 0.000000241. The van der Waals surface area contributed by atoms with E-state index in [1.165, 1.54) is 22.3 Å². The van der Waals surface area contributed by atoms with Crippen LogP contribution >= 0.6 is 0 Å². The minimum atomic E-state index is -0.182. The highest BCUT2D eigenvalue weighted by molar-refractivity contribution is 5.57. The van der Waals surface area contributed by atoms with Crippen LogP contribution in [0.2, 0.25) is 0 Å². The molecule has 7 rings (SSSR count). The molecule has 0 aliphatic rings. The van der Waals surface area contributed by atoms with E-state index < -0.39 is 0 Å². The van der Waals surface area contributed by atoms with Gasteiger partial charge >= 0.3 is 0 Å². The zero-order chi connectivity index (χ0) is 66.2. The Labute approximate surface area is 525 Å². The summed E-state index contributed by atoms with van der Waals surface area (Å²) < 4.78 is 0. The van der Waals surface area contributed by atoms with Crippen molar-refractivity contribution >= 4 is 0 Å². The van der Waals surface area contributed by atoms with Gasteiger partial charge in [-0.1, -0.05) is 227 Å². The number of benzene rings is 7. The Kier molecular flexibility index (Phi) is 21.6. The van der Waals surface area contributed by atoms with Crippen LogP contribution in [0.3, 0.4) is 0 Å². The van der Waals surface area contributed by atoms with E-state index in [9.17, 15) is 35.7 Å². The zero-order valence-corrected chi connectivity index (χ0v) is 58.3. The van der Waals surface area contributed by atoms with Crippen LogP contribution < -0.4 is 0 Å². The van der Waals surface area contributed by atoms with Gasteiger partial charge in [-0.05, 0) is 206 Å². The molecule has 7 aromatic rings. The monoisotopic (exact) mass is 1180 g/mol. The number of hydrogen-bond acceptors (Lipinski definition) is 7. The molecule has 7 heteroatoms. The molecule has 0 saturated carbocycles. The van der Waals surface area contributed by atoms with Gasteiger partial charge in [-0.25, -0.2) is 0 Å². The van der Waals surface area contributed by atoms with Crippen molar-refractivity contribution in [1.82, 2.24) is 0 Å². The second-order valence-electron chi connectivity index (χ2n) is 31.5. The first kappa shape index (κ1) is 70.9. The number of aromatic hydroxyl groups is 7. The minimum Gasteiger partial charge on any atom is -0.508 e. The lowest BCUT2D eigenvalue weighted by Crippen LogP contribution is -2.16. The number of phenolic OH excluding ortho intramolecular Hbond substituents is 7. The van der Waals surface area contributed by atoms with E-state index in [1.54, 1.807) is 0 Å². The summed E-state index contributed by atoms with van der Waals surface area (Å²) >= 11 is 0. The Morgan fingerprint density at radius 2 is 0.563 bits per heavy atom. The lowest BCUT2D eigenvalue weighted by atomic mass is 9.76. The molecule has 472 valence electrons.